The van der Waals surface area contributed by atoms with Gasteiger partial charge in [0.25, 0.3) is 0 Å². The van der Waals surface area contributed by atoms with Gasteiger partial charge >= 0.3 is 6.01 Å². The van der Waals surface area contributed by atoms with Crippen LogP contribution in [0.25, 0.3) is 0 Å². The van der Waals surface area contributed by atoms with Crippen molar-refractivity contribution in [2.24, 2.45) is 0 Å². The molecule has 0 radical (unpaired) electrons. The van der Waals surface area contributed by atoms with Crippen molar-refractivity contribution in [3.63, 3.8) is 0 Å². The molecule has 6 heteroatoms. The van der Waals surface area contributed by atoms with E-state index in [-0.39, 0.29) is 17.4 Å². The van der Waals surface area contributed by atoms with Crippen LogP contribution in [0.15, 0.2) is 0 Å². The highest BCUT2D eigenvalue weighted by atomic mass is 35.5. The van der Waals surface area contributed by atoms with Gasteiger partial charge in [0.2, 0.25) is 11.2 Å². The topological polar surface area (TPSA) is 51.1 Å². The zero-order valence-electron chi connectivity index (χ0n) is 10.1. The van der Waals surface area contributed by atoms with Crippen LogP contribution in [0.2, 0.25) is 5.28 Å². The highest BCUT2D eigenvalue weighted by Gasteiger charge is 2.11. The first-order valence-corrected chi connectivity index (χ1v) is 5.77. The number of ether oxygens (including phenoxy) is 1. The molecule has 0 unspecified atom stereocenters. The van der Waals surface area contributed by atoms with Gasteiger partial charge in [-0.25, -0.2) is 0 Å². The van der Waals surface area contributed by atoms with Crippen LogP contribution in [0.1, 0.15) is 27.7 Å². The van der Waals surface area contributed by atoms with E-state index in [4.69, 9.17) is 16.3 Å². The number of anilines is 1. The van der Waals surface area contributed by atoms with Gasteiger partial charge in [0.05, 0.1) is 6.10 Å². The molecule has 0 spiro atoms. The summed E-state index contributed by atoms with van der Waals surface area (Å²) < 4.78 is 5.40. The van der Waals surface area contributed by atoms with Crippen LogP contribution in [0.5, 0.6) is 6.01 Å². The van der Waals surface area contributed by atoms with Crippen molar-refractivity contribution in [1.82, 2.24) is 15.0 Å². The highest BCUT2D eigenvalue weighted by molar-refractivity contribution is 6.28. The summed E-state index contributed by atoms with van der Waals surface area (Å²) in [5.74, 6) is 0.556. The van der Waals surface area contributed by atoms with Crippen LogP contribution in [0.4, 0.5) is 5.95 Å². The molecule has 0 aromatic carbocycles. The van der Waals surface area contributed by atoms with Crippen LogP contribution in [-0.2, 0) is 0 Å². The smallest absolute Gasteiger partial charge is 0.322 e. The van der Waals surface area contributed by atoms with Crippen molar-refractivity contribution in [3.8, 4) is 6.01 Å². The molecular formula is C10H17ClN4O. The average molecular weight is 245 g/mol. The summed E-state index contributed by atoms with van der Waals surface area (Å²) in [5.41, 5.74) is 0. The number of hydrogen-bond acceptors (Lipinski definition) is 5. The monoisotopic (exact) mass is 244 g/mol. The Labute approximate surface area is 101 Å². The summed E-state index contributed by atoms with van der Waals surface area (Å²) in [6.07, 6.45) is 0.0167. The summed E-state index contributed by atoms with van der Waals surface area (Å²) in [7, 11) is 0. The fraction of sp³-hybridized carbons (Fsp3) is 0.700. The third-order valence-electron chi connectivity index (χ3n) is 1.96. The summed E-state index contributed by atoms with van der Waals surface area (Å²) >= 11 is 5.82. The van der Waals surface area contributed by atoms with Crippen molar-refractivity contribution in [2.75, 3.05) is 18.0 Å². The van der Waals surface area contributed by atoms with Gasteiger partial charge < -0.3 is 9.64 Å². The predicted molar refractivity (Wildman–Crippen MR) is 64.2 cm³/mol. The Kier molecular flexibility index (Phi) is 4.73. The molecule has 90 valence electrons. The van der Waals surface area contributed by atoms with Gasteiger partial charge in [-0.1, -0.05) is 0 Å². The lowest BCUT2D eigenvalue weighted by Crippen LogP contribution is -2.25. The second-order valence-corrected chi connectivity index (χ2v) is 3.86. The third-order valence-corrected chi connectivity index (χ3v) is 2.13. The van der Waals surface area contributed by atoms with E-state index < -0.39 is 0 Å². The largest absolute Gasteiger partial charge is 0.461 e. The standard InChI is InChI=1S/C10H17ClN4O/c1-5-15(6-2)9-12-8(11)13-10(14-9)16-7(3)4/h7H,5-6H2,1-4H3. The fourth-order valence-electron chi connectivity index (χ4n) is 1.23. The lowest BCUT2D eigenvalue weighted by molar-refractivity contribution is 0.221. The minimum absolute atomic E-state index is 0.0167. The molecule has 0 atom stereocenters. The Morgan fingerprint density at radius 1 is 1.19 bits per heavy atom. The van der Waals surface area contributed by atoms with Crippen molar-refractivity contribution < 1.29 is 4.74 Å². The van der Waals surface area contributed by atoms with E-state index in [0.717, 1.165) is 13.1 Å². The first kappa shape index (κ1) is 13.0. The molecule has 0 saturated heterocycles. The van der Waals surface area contributed by atoms with E-state index in [1.165, 1.54) is 0 Å². The second-order valence-electron chi connectivity index (χ2n) is 3.53. The maximum absolute atomic E-state index is 5.82. The molecule has 0 N–H and O–H groups in total. The molecule has 1 aromatic heterocycles. The van der Waals surface area contributed by atoms with E-state index in [1.54, 1.807) is 0 Å². The van der Waals surface area contributed by atoms with Crippen LogP contribution in [0.3, 0.4) is 0 Å². The van der Waals surface area contributed by atoms with Crippen molar-refractivity contribution >= 4 is 17.5 Å². The van der Waals surface area contributed by atoms with E-state index in [9.17, 15) is 0 Å². The van der Waals surface area contributed by atoms with Gasteiger partial charge in [-0.2, -0.15) is 15.0 Å². The highest BCUT2D eigenvalue weighted by Crippen LogP contribution is 2.15. The van der Waals surface area contributed by atoms with E-state index in [1.807, 2.05) is 32.6 Å². The Hall–Kier alpha value is -1.10. The van der Waals surface area contributed by atoms with Crippen molar-refractivity contribution in [1.29, 1.82) is 0 Å². The number of rotatable bonds is 5. The van der Waals surface area contributed by atoms with Crippen LogP contribution < -0.4 is 9.64 Å². The van der Waals surface area contributed by atoms with E-state index in [0.29, 0.717) is 5.95 Å². The van der Waals surface area contributed by atoms with Gasteiger partial charge in [0.1, 0.15) is 0 Å². The molecule has 0 aliphatic rings. The lowest BCUT2D eigenvalue weighted by atomic mass is 10.5. The van der Waals surface area contributed by atoms with Gasteiger partial charge in [0.15, 0.2) is 0 Å². The van der Waals surface area contributed by atoms with Crippen molar-refractivity contribution in [3.05, 3.63) is 5.28 Å². The van der Waals surface area contributed by atoms with Crippen molar-refractivity contribution in [2.45, 2.75) is 33.8 Å². The molecule has 0 fully saturated rings. The molecule has 0 saturated carbocycles. The number of nitrogens with zero attached hydrogens (tertiary/aromatic N) is 4. The molecule has 1 aromatic rings. The first-order chi connectivity index (χ1) is 7.56. The van der Waals surface area contributed by atoms with Gasteiger partial charge in [-0.15, -0.1) is 0 Å². The second kappa shape index (κ2) is 5.84. The Balaban J connectivity index is 2.97. The molecule has 0 aliphatic carbocycles. The molecule has 16 heavy (non-hydrogen) atoms. The minimum Gasteiger partial charge on any atom is -0.461 e. The predicted octanol–water partition coefficient (Wildman–Crippen LogP) is 2.16. The third kappa shape index (κ3) is 3.48. The lowest BCUT2D eigenvalue weighted by Gasteiger charge is -2.18. The minimum atomic E-state index is 0.0167. The van der Waals surface area contributed by atoms with Gasteiger partial charge in [-0.05, 0) is 39.3 Å². The Bertz CT molecular complexity index is 342. The first-order valence-electron chi connectivity index (χ1n) is 5.40. The Morgan fingerprint density at radius 3 is 2.31 bits per heavy atom. The average Bonchev–Trinajstić information content (AvgIpc) is 2.17. The molecule has 0 amide bonds. The zero-order chi connectivity index (χ0) is 12.1. The molecule has 0 aliphatic heterocycles. The fourth-order valence-corrected chi connectivity index (χ4v) is 1.38. The quantitative estimate of drug-likeness (QED) is 0.795. The number of aromatic nitrogens is 3. The van der Waals surface area contributed by atoms with Gasteiger partial charge in [0, 0.05) is 13.1 Å². The van der Waals surface area contributed by atoms with Crippen LogP contribution in [-0.4, -0.2) is 34.1 Å². The van der Waals surface area contributed by atoms with E-state index in [2.05, 4.69) is 15.0 Å². The van der Waals surface area contributed by atoms with Gasteiger partial charge in [-0.3, -0.25) is 0 Å². The Morgan fingerprint density at radius 2 is 1.81 bits per heavy atom. The van der Waals surface area contributed by atoms with Crippen LogP contribution in [0, 0.1) is 0 Å². The number of halogens is 1. The molecule has 1 heterocycles. The summed E-state index contributed by atoms with van der Waals surface area (Å²) in [6, 6.07) is 0.275. The zero-order valence-corrected chi connectivity index (χ0v) is 10.8. The van der Waals surface area contributed by atoms with E-state index >= 15 is 0 Å². The molecule has 0 bridgehead atoms. The molecule has 5 nitrogen and oxygen atoms in total. The maximum Gasteiger partial charge on any atom is 0.322 e. The molecule has 1 rings (SSSR count). The normalized spacial score (nSPS) is 10.6. The summed E-state index contributed by atoms with van der Waals surface area (Å²) in [6.45, 7) is 9.52. The molecular weight excluding hydrogens is 228 g/mol. The summed E-state index contributed by atoms with van der Waals surface area (Å²) in [5, 5.41) is 0.160. The maximum atomic E-state index is 5.82. The SMILES string of the molecule is CCN(CC)c1nc(Cl)nc(OC(C)C)n1. The number of hydrogen-bond donors (Lipinski definition) is 0. The summed E-state index contributed by atoms with van der Waals surface area (Å²) in [4.78, 5) is 14.2. The van der Waals surface area contributed by atoms with Crippen LogP contribution >= 0.6 is 11.6 Å².